The Morgan fingerprint density at radius 2 is 1.69 bits per heavy atom. The van der Waals surface area contributed by atoms with Crippen LogP contribution < -0.4 is 10.6 Å². The van der Waals surface area contributed by atoms with Crippen molar-refractivity contribution in [2.45, 2.75) is 65.1 Å². The number of carbonyl (C=O) groups is 4. The van der Waals surface area contributed by atoms with Crippen LogP contribution in [-0.4, -0.2) is 40.9 Å². The molecule has 0 aromatic heterocycles. The summed E-state index contributed by atoms with van der Waals surface area (Å²) in [6.07, 6.45) is -0.0736. The van der Waals surface area contributed by atoms with Crippen LogP contribution in [0.4, 0.5) is 4.79 Å². The molecule has 2 atom stereocenters. The van der Waals surface area contributed by atoms with Crippen LogP contribution in [-0.2, 0) is 25.7 Å². The average molecular weight is 406 g/mol. The van der Waals surface area contributed by atoms with Gasteiger partial charge in [-0.05, 0) is 24.3 Å². The largest absolute Gasteiger partial charge is 0.480 e. The molecule has 0 aliphatic heterocycles. The second-order valence-corrected chi connectivity index (χ2v) is 7.22. The van der Waals surface area contributed by atoms with E-state index in [9.17, 15) is 24.3 Å². The van der Waals surface area contributed by atoms with Gasteiger partial charge in [-0.3, -0.25) is 9.59 Å². The summed E-state index contributed by atoms with van der Waals surface area (Å²) in [7, 11) is 0. The van der Waals surface area contributed by atoms with Crippen LogP contribution in [0, 0.1) is 5.92 Å². The first kappa shape index (κ1) is 24.1. The number of ketones is 1. The van der Waals surface area contributed by atoms with Crippen molar-refractivity contribution in [2.24, 2.45) is 5.92 Å². The second-order valence-electron chi connectivity index (χ2n) is 7.22. The van der Waals surface area contributed by atoms with Crippen LogP contribution in [0.3, 0.4) is 0 Å². The van der Waals surface area contributed by atoms with E-state index in [0.29, 0.717) is 12.8 Å². The molecule has 2 amide bonds. The Morgan fingerprint density at radius 3 is 2.24 bits per heavy atom. The van der Waals surface area contributed by atoms with Crippen LogP contribution in [0.5, 0.6) is 0 Å². The summed E-state index contributed by atoms with van der Waals surface area (Å²) in [5, 5.41) is 14.3. The molecule has 160 valence electrons. The van der Waals surface area contributed by atoms with Crippen molar-refractivity contribution in [3.8, 4) is 0 Å². The van der Waals surface area contributed by atoms with E-state index in [4.69, 9.17) is 4.74 Å². The maximum atomic E-state index is 12.6. The van der Waals surface area contributed by atoms with Gasteiger partial charge in [0.1, 0.15) is 24.5 Å². The lowest BCUT2D eigenvalue weighted by atomic mass is 10.0. The van der Waals surface area contributed by atoms with Gasteiger partial charge in [-0.1, -0.05) is 51.1 Å². The van der Waals surface area contributed by atoms with E-state index in [0.717, 1.165) is 5.56 Å². The topological polar surface area (TPSA) is 122 Å². The number of carboxylic acids is 1. The molecule has 29 heavy (non-hydrogen) atoms. The Balaban J connectivity index is 2.68. The fraction of sp³-hybridized carbons (Fsp3) is 0.524. The van der Waals surface area contributed by atoms with Crippen molar-refractivity contribution in [1.29, 1.82) is 0 Å². The van der Waals surface area contributed by atoms with Crippen molar-refractivity contribution in [2.75, 3.05) is 0 Å². The zero-order chi connectivity index (χ0) is 21.8. The van der Waals surface area contributed by atoms with Crippen molar-refractivity contribution in [3.05, 3.63) is 35.9 Å². The second kappa shape index (κ2) is 12.5. The number of aliphatic carboxylic acids is 1. The van der Waals surface area contributed by atoms with E-state index in [-0.39, 0.29) is 31.1 Å². The van der Waals surface area contributed by atoms with E-state index < -0.39 is 30.1 Å². The van der Waals surface area contributed by atoms with Crippen LogP contribution in [0.1, 0.15) is 52.0 Å². The highest BCUT2D eigenvalue weighted by Crippen LogP contribution is 2.08. The minimum absolute atomic E-state index is 0.000594. The molecule has 0 bridgehead atoms. The molecule has 3 N–H and O–H groups in total. The predicted molar refractivity (Wildman–Crippen MR) is 107 cm³/mol. The van der Waals surface area contributed by atoms with E-state index in [1.807, 2.05) is 32.0 Å². The van der Waals surface area contributed by atoms with E-state index in [2.05, 4.69) is 10.6 Å². The number of Topliss-reactive ketones (excluding diaryl/α,β-unsaturated/α-hetero) is 1. The molecular weight excluding hydrogens is 376 g/mol. The zero-order valence-electron chi connectivity index (χ0n) is 17.1. The number of rotatable bonds is 12. The number of carbonyl (C=O) groups excluding carboxylic acids is 3. The Bertz CT molecular complexity index is 690. The number of hydrogen-bond acceptors (Lipinski definition) is 5. The highest BCUT2D eigenvalue weighted by atomic mass is 16.5. The number of benzene rings is 1. The third-order valence-electron chi connectivity index (χ3n) is 4.25. The zero-order valence-corrected chi connectivity index (χ0v) is 17.1. The molecule has 1 rings (SSSR count). The molecule has 0 radical (unpaired) electrons. The normalized spacial score (nSPS) is 12.7. The number of hydrogen-bond donors (Lipinski definition) is 3. The molecule has 1 aromatic rings. The summed E-state index contributed by atoms with van der Waals surface area (Å²) >= 11 is 0. The summed E-state index contributed by atoms with van der Waals surface area (Å²) in [4.78, 5) is 47.6. The molecule has 0 aliphatic rings. The van der Waals surface area contributed by atoms with Crippen LogP contribution in [0.2, 0.25) is 0 Å². The first-order chi connectivity index (χ1) is 13.7. The number of amides is 2. The van der Waals surface area contributed by atoms with Crippen LogP contribution in [0.25, 0.3) is 0 Å². The molecule has 0 saturated heterocycles. The highest BCUT2D eigenvalue weighted by molar-refractivity contribution is 5.89. The molecule has 8 nitrogen and oxygen atoms in total. The Morgan fingerprint density at radius 1 is 1.03 bits per heavy atom. The first-order valence-electron chi connectivity index (χ1n) is 9.75. The monoisotopic (exact) mass is 406 g/mol. The molecule has 0 spiro atoms. The number of carboxylic acid groups (broad SMARTS) is 1. The maximum absolute atomic E-state index is 12.6. The first-order valence-corrected chi connectivity index (χ1v) is 9.75. The predicted octanol–water partition coefficient (Wildman–Crippen LogP) is 2.66. The molecular formula is C21H30N2O6. The summed E-state index contributed by atoms with van der Waals surface area (Å²) in [6, 6.07) is 6.96. The molecule has 0 fully saturated rings. The third-order valence-corrected chi connectivity index (χ3v) is 4.25. The lowest BCUT2D eigenvalue weighted by molar-refractivity contribution is -0.142. The van der Waals surface area contributed by atoms with Gasteiger partial charge in [0, 0.05) is 12.8 Å². The fourth-order valence-corrected chi connectivity index (χ4v) is 2.62. The van der Waals surface area contributed by atoms with Gasteiger partial charge in [-0.2, -0.15) is 0 Å². The van der Waals surface area contributed by atoms with Gasteiger partial charge < -0.3 is 20.5 Å². The lowest BCUT2D eigenvalue weighted by Gasteiger charge is -2.22. The number of ether oxygens (including phenoxy) is 1. The summed E-state index contributed by atoms with van der Waals surface area (Å²) in [5.41, 5.74) is 0.805. The van der Waals surface area contributed by atoms with E-state index >= 15 is 0 Å². The van der Waals surface area contributed by atoms with Gasteiger partial charge in [0.2, 0.25) is 5.91 Å². The van der Waals surface area contributed by atoms with Gasteiger partial charge in [-0.25, -0.2) is 9.59 Å². The summed E-state index contributed by atoms with van der Waals surface area (Å²) in [6.45, 7) is 5.51. The van der Waals surface area contributed by atoms with Crippen molar-refractivity contribution in [1.82, 2.24) is 10.6 Å². The van der Waals surface area contributed by atoms with Gasteiger partial charge >= 0.3 is 12.1 Å². The Kier molecular flexibility index (Phi) is 10.4. The van der Waals surface area contributed by atoms with Gasteiger partial charge in [0.25, 0.3) is 0 Å². The number of nitrogens with one attached hydrogen (secondary N) is 2. The summed E-state index contributed by atoms with van der Waals surface area (Å²) < 4.78 is 5.15. The molecule has 0 saturated carbocycles. The maximum Gasteiger partial charge on any atom is 0.408 e. The number of alkyl carbamates (subject to hydrolysis) is 1. The molecule has 8 heteroatoms. The van der Waals surface area contributed by atoms with Crippen LogP contribution in [0.15, 0.2) is 30.3 Å². The van der Waals surface area contributed by atoms with E-state index in [1.54, 1.807) is 19.1 Å². The SMILES string of the molecule is CCC(=O)CC[C@@H](NC(=O)[C@H](CC(C)C)NC(=O)OCc1ccccc1)C(=O)O. The molecule has 0 heterocycles. The molecule has 0 aliphatic carbocycles. The van der Waals surface area contributed by atoms with Crippen molar-refractivity contribution >= 4 is 23.8 Å². The van der Waals surface area contributed by atoms with Crippen LogP contribution >= 0.6 is 0 Å². The average Bonchev–Trinajstić information content (AvgIpc) is 2.68. The van der Waals surface area contributed by atoms with Crippen molar-refractivity contribution < 1.29 is 29.0 Å². The minimum Gasteiger partial charge on any atom is -0.480 e. The van der Waals surface area contributed by atoms with Crippen molar-refractivity contribution in [3.63, 3.8) is 0 Å². The van der Waals surface area contributed by atoms with E-state index in [1.165, 1.54) is 0 Å². The molecule has 1 aromatic carbocycles. The highest BCUT2D eigenvalue weighted by Gasteiger charge is 2.27. The summed E-state index contributed by atoms with van der Waals surface area (Å²) in [5.74, 6) is -1.85. The quantitative estimate of drug-likeness (QED) is 0.491. The Labute approximate surface area is 171 Å². The van der Waals surface area contributed by atoms with Gasteiger partial charge in [0.15, 0.2) is 0 Å². The minimum atomic E-state index is -1.22. The third kappa shape index (κ3) is 9.73. The lowest BCUT2D eigenvalue weighted by Crippen LogP contribution is -2.52. The molecule has 0 unspecified atom stereocenters. The van der Waals surface area contributed by atoms with Gasteiger partial charge in [0.05, 0.1) is 0 Å². The Hall–Kier alpha value is -2.90. The smallest absolute Gasteiger partial charge is 0.408 e. The standard InChI is InChI=1S/C21H30N2O6/c1-4-16(24)10-11-17(20(26)27)22-19(25)18(12-14(2)3)23-21(28)29-13-15-8-6-5-7-9-15/h5-9,14,17-18H,4,10-13H2,1-3H3,(H,22,25)(H,23,28)(H,26,27)/t17-,18+/m1/s1. The van der Waals surface area contributed by atoms with Gasteiger partial charge in [-0.15, -0.1) is 0 Å². The fourth-order valence-electron chi connectivity index (χ4n) is 2.62.